The Labute approximate surface area is 150 Å². The van der Waals surface area contributed by atoms with E-state index in [0.717, 1.165) is 60.4 Å². The molecule has 126 valence electrons. The van der Waals surface area contributed by atoms with Crippen molar-refractivity contribution in [3.63, 3.8) is 0 Å². The van der Waals surface area contributed by atoms with Crippen LogP contribution >= 0.6 is 23.1 Å². The molecule has 0 radical (unpaired) electrons. The van der Waals surface area contributed by atoms with Crippen molar-refractivity contribution in [2.24, 2.45) is 0 Å². The third-order valence-corrected chi connectivity index (χ3v) is 6.49. The number of amides is 1. The summed E-state index contributed by atoms with van der Waals surface area (Å²) in [5.41, 5.74) is 2.14. The zero-order chi connectivity index (χ0) is 16.4. The lowest BCUT2D eigenvalue weighted by molar-refractivity contribution is -0.132. The molecule has 4 rings (SSSR count). The van der Waals surface area contributed by atoms with E-state index in [4.69, 9.17) is 4.98 Å². The van der Waals surface area contributed by atoms with Crippen LogP contribution in [0.5, 0.6) is 0 Å². The molecule has 2 aliphatic heterocycles. The molecule has 1 atom stereocenters. The number of rotatable bonds is 3. The molecule has 24 heavy (non-hydrogen) atoms. The Morgan fingerprint density at radius 1 is 1.12 bits per heavy atom. The van der Waals surface area contributed by atoms with E-state index < -0.39 is 0 Å². The molecule has 0 N–H and O–H groups in total. The maximum atomic E-state index is 12.9. The number of hydrogen-bond acceptors (Lipinski definition) is 5. The summed E-state index contributed by atoms with van der Waals surface area (Å²) in [5, 5.41) is 3.08. The van der Waals surface area contributed by atoms with Crippen LogP contribution < -0.4 is 4.90 Å². The monoisotopic (exact) mass is 359 g/mol. The van der Waals surface area contributed by atoms with E-state index in [1.54, 1.807) is 11.3 Å². The molecular formula is C18H21N3OS2. The molecule has 1 aromatic heterocycles. The molecular weight excluding hydrogens is 338 g/mol. The van der Waals surface area contributed by atoms with Crippen LogP contribution in [-0.2, 0) is 4.79 Å². The van der Waals surface area contributed by atoms with Crippen LogP contribution in [-0.4, -0.2) is 53.0 Å². The van der Waals surface area contributed by atoms with Gasteiger partial charge in [0, 0.05) is 42.1 Å². The Morgan fingerprint density at radius 3 is 2.71 bits per heavy atom. The molecule has 2 saturated heterocycles. The molecule has 2 fully saturated rings. The van der Waals surface area contributed by atoms with Gasteiger partial charge in [-0.2, -0.15) is 11.8 Å². The zero-order valence-corrected chi connectivity index (χ0v) is 15.2. The fourth-order valence-electron chi connectivity index (χ4n) is 3.38. The van der Waals surface area contributed by atoms with Gasteiger partial charge < -0.3 is 9.80 Å². The molecule has 0 saturated carbocycles. The van der Waals surface area contributed by atoms with Crippen molar-refractivity contribution in [2.45, 2.75) is 18.9 Å². The second-order valence-corrected chi connectivity index (χ2v) is 8.23. The Morgan fingerprint density at radius 2 is 1.92 bits per heavy atom. The van der Waals surface area contributed by atoms with Crippen molar-refractivity contribution < 1.29 is 4.79 Å². The predicted molar refractivity (Wildman–Crippen MR) is 102 cm³/mol. The SMILES string of the molecule is O=C(C1CCCN1c1nc(-c2ccccc2)cs1)N1CCSCC1. The molecule has 0 aliphatic carbocycles. The molecule has 0 spiro atoms. The second-order valence-electron chi connectivity index (χ2n) is 6.17. The largest absolute Gasteiger partial charge is 0.339 e. The van der Waals surface area contributed by atoms with Gasteiger partial charge >= 0.3 is 0 Å². The van der Waals surface area contributed by atoms with Crippen LogP contribution in [0, 0.1) is 0 Å². The molecule has 1 amide bonds. The van der Waals surface area contributed by atoms with Crippen LogP contribution in [0.1, 0.15) is 12.8 Å². The minimum atomic E-state index is -0.0251. The fraction of sp³-hybridized carbons (Fsp3) is 0.444. The predicted octanol–water partition coefficient (Wildman–Crippen LogP) is 3.35. The number of thiazole rings is 1. The van der Waals surface area contributed by atoms with Crippen LogP contribution in [0.25, 0.3) is 11.3 Å². The maximum Gasteiger partial charge on any atom is 0.245 e. The van der Waals surface area contributed by atoms with Crippen LogP contribution in [0.2, 0.25) is 0 Å². The normalized spacial score (nSPS) is 21.2. The van der Waals surface area contributed by atoms with E-state index in [1.165, 1.54) is 0 Å². The van der Waals surface area contributed by atoms with E-state index in [0.29, 0.717) is 5.91 Å². The smallest absolute Gasteiger partial charge is 0.245 e. The van der Waals surface area contributed by atoms with Crippen molar-refractivity contribution >= 4 is 34.1 Å². The third kappa shape index (κ3) is 3.17. The summed E-state index contributed by atoms with van der Waals surface area (Å²) >= 11 is 3.59. The van der Waals surface area contributed by atoms with Gasteiger partial charge in [-0.05, 0) is 12.8 Å². The zero-order valence-electron chi connectivity index (χ0n) is 13.6. The number of hydrogen-bond donors (Lipinski definition) is 0. The molecule has 6 heteroatoms. The summed E-state index contributed by atoms with van der Waals surface area (Å²) in [5.74, 6) is 2.42. The van der Waals surface area contributed by atoms with Gasteiger partial charge in [0.15, 0.2) is 5.13 Å². The Balaban J connectivity index is 1.52. The van der Waals surface area contributed by atoms with Gasteiger partial charge in [-0.3, -0.25) is 4.79 Å². The number of anilines is 1. The number of thioether (sulfide) groups is 1. The number of carbonyl (C=O) groups excluding carboxylic acids is 1. The summed E-state index contributed by atoms with van der Waals surface area (Å²) in [7, 11) is 0. The fourth-order valence-corrected chi connectivity index (χ4v) is 5.20. The van der Waals surface area contributed by atoms with Crippen molar-refractivity contribution in [3.05, 3.63) is 35.7 Å². The maximum absolute atomic E-state index is 12.9. The first-order valence-corrected chi connectivity index (χ1v) is 10.5. The van der Waals surface area contributed by atoms with Gasteiger partial charge in [0.1, 0.15) is 6.04 Å². The minimum absolute atomic E-state index is 0.0251. The van der Waals surface area contributed by atoms with Gasteiger partial charge in [0.2, 0.25) is 5.91 Å². The summed E-state index contributed by atoms with van der Waals surface area (Å²) < 4.78 is 0. The van der Waals surface area contributed by atoms with Gasteiger partial charge in [-0.15, -0.1) is 11.3 Å². The first-order chi connectivity index (χ1) is 11.8. The average molecular weight is 360 g/mol. The summed E-state index contributed by atoms with van der Waals surface area (Å²) in [6, 6.07) is 10.2. The van der Waals surface area contributed by atoms with E-state index in [1.807, 2.05) is 34.9 Å². The van der Waals surface area contributed by atoms with Gasteiger partial charge in [-0.25, -0.2) is 4.98 Å². The summed E-state index contributed by atoms with van der Waals surface area (Å²) in [4.78, 5) is 22.0. The van der Waals surface area contributed by atoms with E-state index in [2.05, 4.69) is 22.4 Å². The molecule has 3 heterocycles. The Bertz CT molecular complexity index is 697. The number of nitrogens with zero attached hydrogens (tertiary/aromatic N) is 3. The highest BCUT2D eigenvalue weighted by molar-refractivity contribution is 7.99. The average Bonchev–Trinajstić information content (AvgIpc) is 3.32. The lowest BCUT2D eigenvalue weighted by atomic mass is 10.2. The molecule has 4 nitrogen and oxygen atoms in total. The van der Waals surface area contributed by atoms with Crippen molar-refractivity contribution in [1.82, 2.24) is 9.88 Å². The van der Waals surface area contributed by atoms with Crippen molar-refractivity contribution in [3.8, 4) is 11.3 Å². The van der Waals surface area contributed by atoms with E-state index >= 15 is 0 Å². The van der Waals surface area contributed by atoms with Crippen LogP contribution in [0.3, 0.4) is 0 Å². The van der Waals surface area contributed by atoms with Gasteiger partial charge in [-0.1, -0.05) is 30.3 Å². The third-order valence-electron chi connectivity index (χ3n) is 4.67. The van der Waals surface area contributed by atoms with E-state index in [9.17, 15) is 4.79 Å². The highest BCUT2D eigenvalue weighted by atomic mass is 32.2. The highest BCUT2D eigenvalue weighted by Crippen LogP contribution is 2.32. The summed E-state index contributed by atoms with van der Waals surface area (Å²) in [6.45, 7) is 2.71. The second kappa shape index (κ2) is 7.15. The Hall–Kier alpha value is -1.53. The number of carbonyl (C=O) groups is 1. The van der Waals surface area contributed by atoms with E-state index in [-0.39, 0.29) is 6.04 Å². The standard InChI is InChI=1S/C18H21N3OS2/c22-17(20-9-11-23-12-10-20)16-7-4-8-21(16)18-19-15(13-24-18)14-5-2-1-3-6-14/h1-3,5-6,13,16H,4,7-12H2. The quantitative estimate of drug-likeness (QED) is 0.842. The molecule has 0 bridgehead atoms. The topological polar surface area (TPSA) is 36.4 Å². The lowest BCUT2D eigenvalue weighted by Gasteiger charge is -2.32. The number of aromatic nitrogens is 1. The summed E-state index contributed by atoms with van der Waals surface area (Å²) in [6.07, 6.45) is 2.02. The molecule has 1 aromatic carbocycles. The van der Waals surface area contributed by atoms with Crippen LogP contribution in [0.15, 0.2) is 35.7 Å². The molecule has 2 aliphatic rings. The number of benzene rings is 1. The first kappa shape index (κ1) is 16.0. The Kier molecular flexibility index (Phi) is 4.76. The van der Waals surface area contributed by atoms with Crippen LogP contribution in [0.4, 0.5) is 5.13 Å². The highest BCUT2D eigenvalue weighted by Gasteiger charge is 2.35. The molecule has 2 aromatic rings. The van der Waals surface area contributed by atoms with Crippen molar-refractivity contribution in [1.29, 1.82) is 0 Å². The minimum Gasteiger partial charge on any atom is -0.339 e. The lowest BCUT2D eigenvalue weighted by Crippen LogP contribution is -2.48. The first-order valence-electron chi connectivity index (χ1n) is 8.47. The van der Waals surface area contributed by atoms with Gasteiger partial charge in [0.25, 0.3) is 0 Å². The van der Waals surface area contributed by atoms with Gasteiger partial charge in [0.05, 0.1) is 5.69 Å². The molecule has 1 unspecified atom stereocenters. The van der Waals surface area contributed by atoms with Crippen molar-refractivity contribution in [2.75, 3.05) is 36.0 Å².